The molecule has 4 rings (SSSR count). The van der Waals surface area contributed by atoms with Crippen molar-refractivity contribution in [2.75, 3.05) is 7.11 Å². The van der Waals surface area contributed by atoms with Crippen LogP contribution in [0.2, 0.25) is 0 Å². The normalized spacial score (nSPS) is 14.2. The number of carboxylic acid groups (broad SMARTS) is 1. The lowest BCUT2D eigenvalue weighted by Gasteiger charge is -2.27. The fraction of sp³-hybridized carbons (Fsp3) is 0.174. The molecular weight excluding hydrogens is 455 g/mol. The second-order valence-corrected chi connectivity index (χ2v) is 7.25. The average molecular weight is 476 g/mol. The Morgan fingerprint density at radius 3 is 2.21 bits per heavy atom. The van der Waals surface area contributed by atoms with Crippen LogP contribution in [0, 0.1) is 5.82 Å². The molecule has 1 aliphatic rings. The maximum absolute atomic E-state index is 13.0. The Bertz CT molecular complexity index is 1220. The molecule has 180 valence electrons. The number of hydrogen-bond donors (Lipinski definition) is 7. The minimum absolute atomic E-state index is 0.206. The molecule has 0 fully saturated rings. The largest absolute Gasteiger partial charge is 0.508 e. The van der Waals surface area contributed by atoms with Crippen LogP contribution in [0.1, 0.15) is 34.0 Å². The number of benzene rings is 3. The van der Waals surface area contributed by atoms with Gasteiger partial charge >= 0.3 is 5.97 Å². The van der Waals surface area contributed by atoms with Gasteiger partial charge in [-0.05, 0) is 42.7 Å². The summed E-state index contributed by atoms with van der Waals surface area (Å²) in [5, 5.41) is 64.8. The highest BCUT2D eigenvalue weighted by molar-refractivity contribution is 5.89. The van der Waals surface area contributed by atoms with E-state index >= 15 is 0 Å². The molecule has 1 unspecified atom stereocenters. The van der Waals surface area contributed by atoms with Crippen molar-refractivity contribution < 1.29 is 54.4 Å². The number of carboxylic acids is 1. The second kappa shape index (κ2) is 9.53. The third-order valence-corrected chi connectivity index (χ3v) is 5.13. The molecule has 0 spiro atoms. The molecule has 1 heterocycles. The predicted molar refractivity (Wildman–Crippen MR) is 114 cm³/mol. The Morgan fingerprint density at radius 1 is 0.971 bits per heavy atom. The maximum Gasteiger partial charge on any atom is 0.338 e. The molecule has 0 saturated carbocycles. The van der Waals surface area contributed by atoms with Crippen LogP contribution in [0.25, 0.3) is 0 Å². The summed E-state index contributed by atoms with van der Waals surface area (Å²) < 4.78 is 23.3. The van der Waals surface area contributed by atoms with E-state index in [9.17, 15) is 29.6 Å². The first-order chi connectivity index (χ1) is 16.0. The number of ether oxygens (including phenoxy) is 2. The molecule has 0 radical (unpaired) electrons. The lowest BCUT2D eigenvalue weighted by Crippen LogP contribution is -2.15. The molecule has 0 aliphatic carbocycles. The van der Waals surface area contributed by atoms with Gasteiger partial charge in [0.25, 0.3) is 0 Å². The summed E-state index contributed by atoms with van der Waals surface area (Å²) in [6.07, 6.45) is 0.894. The number of fused-ring (bicyclic) bond motifs is 1. The van der Waals surface area contributed by atoms with Crippen LogP contribution in [0.15, 0.2) is 36.4 Å². The third-order valence-electron chi connectivity index (χ3n) is 5.13. The first-order valence-electron chi connectivity index (χ1n) is 9.79. The van der Waals surface area contributed by atoms with Crippen LogP contribution in [0.3, 0.4) is 0 Å². The van der Waals surface area contributed by atoms with Gasteiger partial charge in [-0.3, -0.25) is 0 Å². The van der Waals surface area contributed by atoms with E-state index in [0.717, 1.165) is 18.7 Å². The monoisotopic (exact) mass is 476 g/mol. The highest BCUT2D eigenvalue weighted by atomic mass is 19.1. The van der Waals surface area contributed by atoms with Crippen molar-refractivity contribution in [3.05, 3.63) is 58.9 Å². The van der Waals surface area contributed by atoms with Gasteiger partial charge < -0.3 is 45.2 Å². The van der Waals surface area contributed by atoms with Crippen molar-refractivity contribution in [1.82, 2.24) is 0 Å². The van der Waals surface area contributed by atoms with Crippen LogP contribution in [-0.2, 0) is 6.42 Å². The topological polar surface area (TPSA) is 177 Å². The number of phenolic OH excluding ortho intramolecular Hbond substituents is 6. The Hall–Kier alpha value is -4.54. The van der Waals surface area contributed by atoms with Gasteiger partial charge in [0.2, 0.25) is 5.75 Å². The van der Waals surface area contributed by atoms with Gasteiger partial charge in [-0.2, -0.15) is 0 Å². The smallest absolute Gasteiger partial charge is 0.338 e. The molecule has 10 nitrogen and oxygen atoms in total. The lowest BCUT2D eigenvalue weighted by atomic mass is 9.96. The first kappa shape index (κ1) is 24.1. The molecule has 0 aromatic heterocycles. The van der Waals surface area contributed by atoms with Crippen molar-refractivity contribution in [2.24, 2.45) is 0 Å². The molecule has 34 heavy (non-hydrogen) atoms. The van der Waals surface area contributed by atoms with Crippen molar-refractivity contribution in [2.45, 2.75) is 18.9 Å². The SMILES string of the molecule is COc1cc(C(=O)O)c(F)c(O)c1O.Oc1cc(C2CCc3c(O)cccc3O2)cc(O)c1O. The minimum Gasteiger partial charge on any atom is -0.508 e. The standard InChI is InChI=1S/C15H14O5.C8H7FO5/c16-10-2-1-3-14-9(10)4-5-13(20-14)8-6-11(17)15(19)12(18)7-8;1-14-4-2-3(8(12)13)5(9)7(11)6(4)10/h1-3,6-7,13,16-19H,4-5H2;2,10-11H,1H3,(H,12,13). The number of rotatable bonds is 3. The van der Waals surface area contributed by atoms with Gasteiger partial charge in [0.15, 0.2) is 34.6 Å². The van der Waals surface area contributed by atoms with Crippen molar-refractivity contribution in [3.63, 3.8) is 0 Å². The predicted octanol–water partition coefficient (Wildman–Crippen LogP) is 3.52. The van der Waals surface area contributed by atoms with Gasteiger partial charge in [-0.15, -0.1) is 0 Å². The molecule has 1 atom stereocenters. The Morgan fingerprint density at radius 2 is 1.62 bits per heavy atom. The Kier molecular flexibility index (Phi) is 6.76. The van der Waals surface area contributed by atoms with Crippen LogP contribution in [0.5, 0.6) is 46.0 Å². The summed E-state index contributed by atoms with van der Waals surface area (Å²) in [7, 11) is 1.15. The summed E-state index contributed by atoms with van der Waals surface area (Å²) >= 11 is 0. The number of hydrogen-bond acceptors (Lipinski definition) is 9. The first-order valence-corrected chi connectivity index (χ1v) is 9.79. The molecule has 0 saturated heterocycles. The molecule has 0 amide bonds. The summed E-state index contributed by atoms with van der Waals surface area (Å²) in [5.74, 6) is -5.73. The minimum atomic E-state index is -1.56. The fourth-order valence-electron chi connectivity index (χ4n) is 3.37. The van der Waals surface area contributed by atoms with Gasteiger partial charge in [0.05, 0.1) is 7.11 Å². The maximum atomic E-state index is 13.0. The summed E-state index contributed by atoms with van der Waals surface area (Å²) in [5.41, 5.74) is 0.569. The third kappa shape index (κ3) is 4.63. The molecule has 3 aromatic rings. The van der Waals surface area contributed by atoms with E-state index in [1.807, 2.05) is 0 Å². The molecule has 0 bridgehead atoms. The number of aromatic carboxylic acids is 1. The van der Waals surface area contributed by atoms with Gasteiger partial charge in [-0.25, -0.2) is 9.18 Å². The zero-order valence-electron chi connectivity index (χ0n) is 17.7. The zero-order valence-corrected chi connectivity index (χ0v) is 17.7. The van der Waals surface area contributed by atoms with Gasteiger partial charge in [0, 0.05) is 11.6 Å². The van der Waals surface area contributed by atoms with E-state index in [1.54, 1.807) is 18.2 Å². The summed E-state index contributed by atoms with van der Waals surface area (Å²) in [4.78, 5) is 10.5. The van der Waals surface area contributed by atoms with Gasteiger partial charge in [0.1, 0.15) is 23.2 Å². The zero-order chi connectivity index (χ0) is 25.2. The van der Waals surface area contributed by atoms with Gasteiger partial charge in [-0.1, -0.05) is 6.07 Å². The van der Waals surface area contributed by atoms with Crippen molar-refractivity contribution in [3.8, 4) is 46.0 Å². The Balaban J connectivity index is 0.000000204. The number of halogens is 1. The molecule has 3 aromatic carbocycles. The lowest BCUT2D eigenvalue weighted by molar-refractivity contribution is 0.0690. The van der Waals surface area contributed by atoms with E-state index in [-0.39, 0.29) is 29.1 Å². The van der Waals surface area contributed by atoms with E-state index in [4.69, 9.17) is 20.1 Å². The van der Waals surface area contributed by atoms with E-state index in [2.05, 4.69) is 4.74 Å². The molecule has 11 heteroatoms. The molecule has 1 aliphatic heterocycles. The quantitative estimate of drug-likeness (QED) is 0.277. The summed E-state index contributed by atoms with van der Waals surface area (Å²) in [6.45, 7) is 0. The fourth-order valence-corrected chi connectivity index (χ4v) is 3.37. The van der Waals surface area contributed by atoms with Crippen LogP contribution >= 0.6 is 0 Å². The van der Waals surface area contributed by atoms with Crippen LogP contribution in [0.4, 0.5) is 4.39 Å². The number of carbonyl (C=O) groups is 1. The van der Waals surface area contributed by atoms with Crippen molar-refractivity contribution in [1.29, 1.82) is 0 Å². The van der Waals surface area contributed by atoms with Crippen LogP contribution in [-0.4, -0.2) is 48.8 Å². The average Bonchev–Trinajstić information content (AvgIpc) is 2.81. The molecule has 7 N–H and O–H groups in total. The molecular formula is C23H21FO10. The number of aromatic hydroxyl groups is 6. The number of phenols is 6. The van der Waals surface area contributed by atoms with E-state index in [1.165, 1.54) is 12.1 Å². The van der Waals surface area contributed by atoms with E-state index in [0.29, 0.717) is 24.2 Å². The Labute approximate surface area is 191 Å². The second-order valence-electron chi connectivity index (χ2n) is 7.25. The van der Waals surface area contributed by atoms with Crippen molar-refractivity contribution >= 4 is 5.97 Å². The highest BCUT2D eigenvalue weighted by Gasteiger charge is 2.25. The summed E-state index contributed by atoms with van der Waals surface area (Å²) in [6, 6.07) is 8.60. The number of methoxy groups -OCH3 is 1. The highest BCUT2D eigenvalue weighted by Crippen LogP contribution is 2.43. The van der Waals surface area contributed by atoms with Crippen LogP contribution < -0.4 is 9.47 Å². The van der Waals surface area contributed by atoms with E-state index < -0.39 is 34.6 Å².